The molecule has 0 saturated carbocycles. The van der Waals surface area contributed by atoms with Crippen LogP contribution in [0.2, 0.25) is 0 Å². The number of hydrogen-bond donors (Lipinski definition) is 1. The molecule has 0 atom stereocenters. The van der Waals surface area contributed by atoms with Crippen LogP contribution in [0.15, 0.2) is 60.7 Å². The zero-order chi connectivity index (χ0) is 20.5. The molecular weight excluding hydrogens is 373 g/mol. The molecular formula is C22H22FN3O3. The number of amides is 1. The lowest BCUT2D eigenvalue weighted by molar-refractivity contribution is -0.120. The summed E-state index contributed by atoms with van der Waals surface area (Å²) in [6.07, 6.45) is 0.191. The third-order valence-electron chi connectivity index (χ3n) is 4.05. The molecule has 1 aromatic heterocycles. The quantitative estimate of drug-likeness (QED) is 0.562. The number of hydrogen-bond acceptors (Lipinski definition) is 5. The van der Waals surface area contributed by atoms with Gasteiger partial charge in [-0.3, -0.25) is 4.79 Å². The van der Waals surface area contributed by atoms with Gasteiger partial charge in [0.15, 0.2) is 0 Å². The van der Waals surface area contributed by atoms with E-state index in [0.717, 1.165) is 22.6 Å². The Morgan fingerprint density at radius 1 is 0.966 bits per heavy atom. The van der Waals surface area contributed by atoms with Crippen molar-refractivity contribution in [3.63, 3.8) is 0 Å². The molecule has 29 heavy (non-hydrogen) atoms. The van der Waals surface area contributed by atoms with Gasteiger partial charge in [-0.05, 0) is 55.0 Å². The van der Waals surface area contributed by atoms with E-state index in [-0.39, 0.29) is 24.8 Å². The van der Waals surface area contributed by atoms with Crippen molar-refractivity contribution in [2.45, 2.75) is 13.3 Å². The van der Waals surface area contributed by atoms with Gasteiger partial charge in [0, 0.05) is 11.6 Å². The third-order valence-corrected chi connectivity index (χ3v) is 4.05. The molecule has 0 bridgehead atoms. The number of nitrogens with one attached hydrogen (secondary N) is 1. The van der Waals surface area contributed by atoms with Gasteiger partial charge < -0.3 is 14.8 Å². The molecule has 2 aromatic carbocycles. The van der Waals surface area contributed by atoms with Crippen LogP contribution in [0.3, 0.4) is 0 Å². The van der Waals surface area contributed by atoms with Gasteiger partial charge in [0.1, 0.15) is 18.2 Å². The Labute approximate surface area is 168 Å². The summed E-state index contributed by atoms with van der Waals surface area (Å²) in [5.41, 5.74) is 2.41. The van der Waals surface area contributed by atoms with Crippen LogP contribution >= 0.6 is 0 Å². The maximum atomic E-state index is 12.9. The van der Waals surface area contributed by atoms with E-state index in [2.05, 4.69) is 15.5 Å². The molecule has 0 aliphatic rings. The number of aromatic nitrogens is 2. The van der Waals surface area contributed by atoms with E-state index < -0.39 is 0 Å². The summed E-state index contributed by atoms with van der Waals surface area (Å²) in [6, 6.07) is 17.0. The third kappa shape index (κ3) is 6.27. The SMILES string of the molecule is CCOc1ccc(-c2ccc(OCCNC(=O)Cc3ccc(F)cc3)nn2)cc1. The molecule has 6 nitrogen and oxygen atoms in total. The van der Waals surface area contributed by atoms with Gasteiger partial charge in [0.2, 0.25) is 11.8 Å². The second kappa shape index (κ2) is 10.2. The van der Waals surface area contributed by atoms with Gasteiger partial charge in [0.25, 0.3) is 0 Å². The Morgan fingerprint density at radius 3 is 2.38 bits per heavy atom. The van der Waals surface area contributed by atoms with Gasteiger partial charge in [-0.25, -0.2) is 4.39 Å². The predicted molar refractivity (Wildman–Crippen MR) is 107 cm³/mol. The Hall–Kier alpha value is -3.48. The van der Waals surface area contributed by atoms with Crippen LogP contribution < -0.4 is 14.8 Å². The molecule has 7 heteroatoms. The molecule has 1 amide bonds. The largest absolute Gasteiger partial charge is 0.494 e. The second-order valence-corrected chi connectivity index (χ2v) is 6.22. The number of carbonyl (C=O) groups excluding carboxylic acids is 1. The summed E-state index contributed by atoms with van der Waals surface area (Å²) in [5, 5.41) is 11.0. The molecule has 0 aliphatic carbocycles. The van der Waals surface area contributed by atoms with E-state index in [0.29, 0.717) is 19.0 Å². The summed E-state index contributed by atoms with van der Waals surface area (Å²) in [6.45, 7) is 3.17. The smallest absolute Gasteiger partial charge is 0.233 e. The fourth-order valence-corrected chi connectivity index (χ4v) is 2.64. The molecule has 0 aliphatic heterocycles. The minimum atomic E-state index is -0.322. The Kier molecular flexibility index (Phi) is 7.10. The molecule has 0 radical (unpaired) electrons. The lowest BCUT2D eigenvalue weighted by atomic mass is 10.1. The van der Waals surface area contributed by atoms with Gasteiger partial charge in [-0.15, -0.1) is 10.2 Å². The van der Waals surface area contributed by atoms with E-state index in [1.807, 2.05) is 37.3 Å². The topological polar surface area (TPSA) is 73.3 Å². The summed E-state index contributed by atoms with van der Waals surface area (Å²) >= 11 is 0. The van der Waals surface area contributed by atoms with Crippen molar-refractivity contribution in [1.82, 2.24) is 15.5 Å². The first-order valence-electron chi connectivity index (χ1n) is 9.35. The fraction of sp³-hybridized carbons (Fsp3) is 0.227. The van der Waals surface area contributed by atoms with Crippen LogP contribution in [0, 0.1) is 5.82 Å². The van der Waals surface area contributed by atoms with Crippen molar-refractivity contribution < 1.29 is 18.7 Å². The van der Waals surface area contributed by atoms with Crippen molar-refractivity contribution in [2.75, 3.05) is 19.8 Å². The number of rotatable bonds is 9. The van der Waals surface area contributed by atoms with Gasteiger partial charge >= 0.3 is 0 Å². The lowest BCUT2D eigenvalue weighted by Crippen LogP contribution is -2.29. The maximum absolute atomic E-state index is 12.9. The van der Waals surface area contributed by atoms with Crippen LogP contribution in [-0.2, 0) is 11.2 Å². The Bertz CT molecular complexity index is 914. The van der Waals surface area contributed by atoms with Crippen LogP contribution in [0.25, 0.3) is 11.3 Å². The van der Waals surface area contributed by atoms with E-state index >= 15 is 0 Å². The molecule has 0 saturated heterocycles. The highest BCUT2D eigenvalue weighted by atomic mass is 19.1. The number of benzene rings is 2. The summed E-state index contributed by atoms with van der Waals surface area (Å²) in [5.74, 6) is 0.715. The molecule has 0 fully saturated rings. The summed E-state index contributed by atoms with van der Waals surface area (Å²) in [4.78, 5) is 11.9. The van der Waals surface area contributed by atoms with Crippen molar-refractivity contribution in [2.24, 2.45) is 0 Å². The molecule has 1 N–H and O–H groups in total. The van der Waals surface area contributed by atoms with E-state index in [1.54, 1.807) is 18.2 Å². The van der Waals surface area contributed by atoms with Crippen LogP contribution in [0.1, 0.15) is 12.5 Å². The average molecular weight is 395 g/mol. The van der Waals surface area contributed by atoms with Crippen LogP contribution in [0.4, 0.5) is 4.39 Å². The van der Waals surface area contributed by atoms with E-state index in [4.69, 9.17) is 9.47 Å². The van der Waals surface area contributed by atoms with E-state index in [9.17, 15) is 9.18 Å². The van der Waals surface area contributed by atoms with Gasteiger partial charge in [-0.2, -0.15) is 0 Å². The normalized spacial score (nSPS) is 10.4. The van der Waals surface area contributed by atoms with Crippen molar-refractivity contribution in [3.8, 4) is 22.9 Å². The predicted octanol–water partition coefficient (Wildman–Crippen LogP) is 3.42. The van der Waals surface area contributed by atoms with E-state index in [1.165, 1.54) is 12.1 Å². The minimum absolute atomic E-state index is 0.155. The van der Waals surface area contributed by atoms with Crippen molar-refractivity contribution in [3.05, 3.63) is 72.0 Å². The highest BCUT2D eigenvalue weighted by Crippen LogP contribution is 2.21. The maximum Gasteiger partial charge on any atom is 0.233 e. The zero-order valence-corrected chi connectivity index (χ0v) is 16.1. The standard InChI is InChI=1S/C22H22FN3O3/c1-2-28-19-9-5-17(6-10-19)20-11-12-22(26-25-20)29-14-13-24-21(27)15-16-3-7-18(23)8-4-16/h3-12H,2,13-15H2,1H3,(H,24,27). The first kappa shape index (κ1) is 20.3. The fourth-order valence-electron chi connectivity index (χ4n) is 2.64. The van der Waals surface area contributed by atoms with Crippen molar-refractivity contribution in [1.29, 1.82) is 0 Å². The molecule has 0 unspecified atom stereocenters. The highest BCUT2D eigenvalue weighted by molar-refractivity contribution is 5.78. The first-order valence-corrected chi connectivity index (χ1v) is 9.35. The molecule has 3 rings (SSSR count). The molecule has 0 spiro atoms. The lowest BCUT2D eigenvalue weighted by Gasteiger charge is -2.08. The highest BCUT2D eigenvalue weighted by Gasteiger charge is 2.05. The monoisotopic (exact) mass is 395 g/mol. The average Bonchev–Trinajstić information content (AvgIpc) is 2.74. The number of halogens is 1. The molecule has 3 aromatic rings. The zero-order valence-electron chi connectivity index (χ0n) is 16.1. The number of ether oxygens (including phenoxy) is 2. The summed E-state index contributed by atoms with van der Waals surface area (Å²) < 4.78 is 23.8. The Morgan fingerprint density at radius 2 is 1.72 bits per heavy atom. The summed E-state index contributed by atoms with van der Waals surface area (Å²) in [7, 11) is 0. The van der Waals surface area contributed by atoms with Gasteiger partial charge in [0.05, 0.1) is 25.3 Å². The Balaban J connectivity index is 1.42. The second-order valence-electron chi connectivity index (χ2n) is 6.22. The van der Waals surface area contributed by atoms with Crippen LogP contribution in [0.5, 0.6) is 11.6 Å². The number of nitrogens with zero attached hydrogens (tertiary/aromatic N) is 2. The van der Waals surface area contributed by atoms with Crippen LogP contribution in [-0.4, -0.2) is 35.9 Å². The van der Waals surface area contributed by atoms with Gasteiger partial charge in [-0.1, -0.05) is 12.1 Å². The minimum Gasteiger partial charge on any atom is -0.494 e. The number of carbonyl (C=O) groups is 1. The molecule has 1 heterocycles. The first-order chi connectivity index (χ1) is 14.1. The van der Waals surface area contributed by atoms with Crippen molar-refractivity contribution >= 4 is 5.91 Å². The molecule has 150 valence electrons.